The molecule has 8 heteroatoms. The van der Waals surface area contributed by atoms with Crippen molar-refractivity contribution in [1.29, 1.82) is 0 Å². The summed E-state index contributed by atoms with van der Waals surface area (Å²) in [5.74, 6) is -0.812. The molecule has 1 aliphatic rings. The quantitative estimate of drug-likeness (QED) is 0.737. The van der Waals surface area contributed by atoms with Crippen LogP contribution in [-0.4, -0.2) is 36.6 Å². The second kappa shape index (κ2) is 6.39. The molecule has 24 heavy (non-hydrogen) atoms. The fourth-order valence-electron chi connectivity index (χ4n) is 3.26. The molecular weight excluding hydrogens is 330 g/mol. The van der Waals surface area contributed by atoms with Gasteiger partial charge in [-0.25, -0.2) is 13.9 Å². The third-order valence-electron chi connectivity index (χ3n) is 4.46. The molecule has 0 saturated carbocycles. The van der Waals surface area contributed by atoms with Crippen LogP contribution in [0.2, 0.25) is 0 Å². The van der Waals surface area contributed by atoms with Crippen molar-refractivity contribution >= 4 is 16.2 Å². The number of quaternary nitrogens is 1. The van der Waals surface area contributed by atoms with Gasteiger partial charge >= 0.3 is 16.2 Å². The maximum absolute atomic E-state index is 11.5. The van der Waals surface area contributed by atoms with E-state index in [-0.39, 0.29) is 5.69 Å². The number of nitrogens with zero attached hydrogens (tertiary/aromatic N) is 1. The number of benzene rings is 1. The van der Waals surface area contributed by atoms with Gasteiger partial charge in [0, 0.05) is 24.6 Å². The second-order valence-corrected chi connectivity index (χ2v) is 7.41. The lowest BCUT2D eigenvalue weighted by Gasteiger charge is -2.20. The number of carboxylic acid groups (broad SMARTS) is 1. The van der Waals surface area contributed by atoms with Crippen LogP contribution in [0.5, 0.6) is 0 Å². The van der Waals surface area contributed by atoms with E-state index in [0.717, 1.165) is 25.9 Å². The van der Waals surface area contributed by atoms with Crippen molar-refractivity contribution in [2.24, 2.45) is 5.14 Å². The summed E-state index contributed by atoms with van der Waals surface area (Å²) in [5.41, 5.74) is 1.87. The van der Waals surface area contributed by atoms with E-state index in [9.17, 15) is 18.3 Å². The minimum absolute atomic E-state index is 0.333. The van der Waals surface area contributed by atoms with E-state index in [4.69, 9.17) is 5.14 Å². The highest BCUT2D eigenvalue weighted by molar-refractivity contribution is 7.87. The highest BCUT2D eigenvalue weighted by Gasteiger charge is 2.23. The zero-order valence-corrected chi connectivity index (χ0v) is 13.9. The fourth-order valence-corrected chi connectivity index (χ4v) is 3.93. The average molecular weight is 350 g/mol. The number of carbonyl (C=O) groups is 1. The van der Waals surface area contributed by atoms with Crippen LogP contribution in [0.1, 0.15) is 34.8 Å². The van der Waals surface area contributed by atoms with Crippen LogP contribution >= 0.6 is 0 Å². The van der Waals surface area contributed by atoms with E-state index in [1.165, 1.54) is 17.8 Å². The lowest BCUT2D eigenvalue weighted by atomic mass is 9.89. The molecule has 1 fully saturated rings. The third kappa shape index (κ3) is 3.21. The number of rotatable bonds is 4. The number of hydrogen-bond acceptors (Lipinski definition) is 3. The molecule has 2 aromatic rings. The predicted molar refractivity (Wildman–Crippen MR) is 89.0 cm³/mol. The highest BCUT2D eigenvalue weighted by atomic mass is 32.2. The third-order valence-corrected chi connectivity index (χ3v) is 5.31. The topological polar surface area (TPSA) is 119 Å². The first kappa shape index (κ1) is 16.7. The van der Waals surface area contributed by atoms with Gasteiger partial charge < -0.3 is 10.4 Å². The molecule has 1 saturated heterocycles. The van der Waals surface area contributed by atoms with Crippen molar-refractivity contribution in [3.05, 3.63) is 47.8 Å². The summed E-state index contributed by atoms with van der Waals surface area (Å²) >= 11 is 0. The molecule has 128 valence electrons. The highest BCUT2D eigenvalue weighted by Crippen LogP contribution is 2.29. The Morgan fingerprint density at radius 2 is 1.79 bits per heavy atom. The van der Waals surface area contributed by atoms with Crippen molar-refractivity contribution in [3.63, 3.8) is 0 Å². The Hall–Kier alpha value is -2.16. The largest absolute Gasteiger partial charge is 0.477 e. The maximum atomic E-state index is 11.5. The fraction of sp³-hybridized carbons (Fsp3) is 0.312. The summed E-state index contributed by atoms with van der Waals surface area (Å²) in [5, 5.41) is 16.8. The first-order chi connectivity index (χ1) is 11.4. The summed E-state index contributed by atoms with van der Waals surface area (Å²) in [7, 11) is -4.16. The molecule has 0 bridgehead atoms. The Labute approximate surface area is 140 Å². The number of aromatic carboxylic acids is 1. The molecule has 0 unspecified atom stereocenters. The SMILES string of the molecule is NS(=O)(=O)n1ccc(-c2ccc(C3CC[NH2+]CC3)cc2)c1C(=O)O. The molecule has 1 aromatic carbocycles. The van der Waals surface area contributed by atoms with Gasteiger partial charge in [-0.15, -0.1) is 0 Å². The number of carboxylic acids is 1. The Kier molecular flexibility index (Phi) is 4.44. The Balaban J connectivity index is 1.97. The van der Waals surface area contributed by atoms with Crippen LogP contribution in [0.25, 0.3) is 11.1 Å². The van der Waals surface area contributed by atoms with Crippen molar-refractivity contribution in [1.82, 2.24) is 3.97 Å². The van der Waals surface area contributed by atoms with Crippen molar-refractivity contribution in [2.45, 2.75) is 18.8 Å². The molecular formula is C16H20N3O4S+. The zero-order valence-electron chi connectivity index (χ0n) is 13.1. The lowest BCUT2D eigenvalue weighted by Crippen LogP contribution is -2.86. The molecule has 7 nitrogen and oxygen atoms in total. The minimum Gasteiger partial charge on any atom is -0.477 e. The Bertz CT molecular complexity index is 850. The molecule has 0 amide bonds. The summed E-state index contributed by atoms with van der Waals surface area (Å²) in [6.45, 7) is 2.24. The lowest BCUT2D eigenvalue weighted by molar-refractivity contribution is -0.663. The Morgan fingerprint density at radius 1 is 1.17 bits per heavy atom. The molecule has 3 rings (SSSR count). The average Bonchev–Trinajstić information content (AvgIpc) is 3.01. The van der Waals surface area contributed by atoms with E-state index >= 15 is 0 Å². The van der Waals surface area contributed by atoms with Crippen LogP contribution in [0.3, 0.4) is 0 Å². The molecule has 0 atom stereocenters. The molecule has 1 aromatic heterocycles. The van der Waals surface area contributed by atoms with Gasteiger partial charge in [0.25, 0.3) is 0 Å². The first-order valence-corrected chi connectivity index (χ1v) is 9.28. The van der Waals surface area contributed by atoms with Crippen molar-refractivity contribution in [3.8, 4) is 11.1 Å². The number of nitrogens with two attached hydrogens (primary N) is 2. The number of piperidine rings is 1. The van der Waals surface area contributed by atoms with E-state index in [0.29, 0.717) is 21.0 Å². The number of aromatic nitrogens is 1. The molecule has 2 heterocycles. The van der Waals surface area contributed by atoms with Crippen LogP contribution in [-0.2, 0) is 10.2 Å². The Morgan fingerprint density at radius 3 is 2.33 bits per heavy atom. The monoisotopic (exact) mass is 350 g/mol. The van der Waals surface area contributed by atoms with Crippen LogP contribution in [0, 0.1) is 0 Å². The van der Waals surface area contributed by atoms with Crippen LogP contribution in [0.15, 0.2) is 36.5 Å². The van der Waals surface area contributed by atoms with Gasteiger partial charge in [0.2, 0.25) is 0 Å². The predicted octanol–water partition coefficient (Wildman–Crippen LogP) is 0.346. The van der Waals surface area contributed by atoms with Gasteiger partial charge in [-0.1, -0.05) is 24.3 Å². The molecule has 0 spiro atoms. The molecule has 0 radical (unpaired) electrons. The molecule has 0 aliphatic carbocycles. The minimum atomic E-state index is -4.16. The molecule has 5 N–H and O–H groups in total. The van der Waals surface area contributed by atoms with Crippen LogP contribution < -0.4 is 10.5 Å². The molecule has 1 aliphatic heterocycles. The summed E-state index contributed by atoms with van der Waals surface area (Å²) < 4.78 is 23.7. The van der Waals surface area contributed by atoms with E-state index in [2.05, 4.69) is 5.32 Å². The first-order valence-electron chi connectivity index (χ1n) is 7.78. The number of hydrogen-bond donors (Lipinski definition) is 3. The van der Waals surface area contributed by atoms with Gasteiger partial charge in [0.15, 0.2) is 5.69 Å². The van der Waals surface area contributed by atoms with Gasteiger partial charge in [-0.05, 0) is 23.1 Å². The summed E-state index contributed by atoms with van der Waals surface area (Å²) in [4.78, 5) is 11.5. The van der Waals surface area contributed by atoms with Crippen molar-refractivity contribution in [2.75, 3.05) is 13.1 Å². The smallest absolute Gasteiger partial charge is 0.354 e. The second-order valence-electron chi connectivity index (χ2n) is 5.99. The zero-order chi connectivity index (χ0) is 17.3. The van der Waals surface area contributed by atoms with E-state index < -0.39 is 16.2 Å². The van der Waals surface area contributed by atoms with Gasteiger partial charge in [0.05, 0.1) is 13.1 Å². The van der Waals surface area contributed by atoms with Gasteiger partial charge in [-0.2, -0.15) is 8.42 Å². The summed E-state index contributed by atoms with van der Waals surface area (Å²) in [6.07, 6.45) is 3.42. The normalized spacial score (nSPS) is 16.2. The van der Waals surface area contributed by atoms with Crippen molar-refractivity contribution < 1.29 is 23.6 Å². The standard InChI is InChI=1S/C16H19N3O4S/c17-24(22,23)19-10-7-14(15(19)16(20)21)13-3-1-11(2-4-13)12-5-8-18-9-6-12/h1-4,7,10,12,18H,5-6,8-9H2,(H,20,21)(H2,17,22,23)/p+1. The summed E-state index contributed by atoms with van der Waals surface area (Å²) in [6, 6.07) is 9.11. The van der Waals surface area contributed by atoms with E-state index in [1.54, 1.807) is 0 Å². The van der Waals surface area contributed by atoms with Gasteiger partial charge in [0.1, 0.15) is 0 Å². The van der Waals surface area contributed by atoms with E-state index in [1.807, 2.05) is 24.3 Å². The van der Waals surface area contributed by atoms with Gasteiger partial charge in [-0.3, -0.25) is 0 Å². The maximum Gasteiger partial charge on any atom is 0.354 e. The van der Waals surface area contributed by atoms with Crippen LogP contribution in [0.4, 0.5) is 0 Å².